The molecule has 0 fully saturated rings. The van der Waals surface area contributed by atoms with E-state index >= 15 is 0 Å². The molecule has 0 atom stereocenters. The first-order valence-electron chi connectivity index (χ1n) is 4.81. The van der Waals surface area contributed by atoms with Gasteiger partial charge in [-0.3, -0.25) is 0 Å². The van der Waals surface area contributed by atoms with Crippen molar-refractivity contribution in [3.8, 4) is 11.5 Å². The topological polar surface area (TPSA) is 43.3 Å². The molecule has 3 aromatic rings. The molecule has 0 unspecified atom stereocenters. The third kappa shape index (κ3) is 1.28. The fourth-order valence-corrected chi connectivity index (χ4v) is 1.98. The van der Waals surface area contributed by atoms with Gasteiger partial charge < -0.3 is 4.42 Å². The molecule has 80 valence electrons. The lowest BCUT2D eigenvalue weighted by Crippen LogP contribution is -1.94. The molecule has 0 aromatic carbocycles. The third-order valence-corrected chi connectivity index (χ3v) is 3.32. The second-order valence-corrected chi connectivity index (χ2v) is 4.24. The van der Waals surface area contributed by atoms with E-state index in [1.807, 2.05) is 25.1 Å². The Morgan fingerprint density at radius 3 is 3.00 bits per heavy atom. The van der Waals surface area contributed by atoms with Crippen molar-refractivity contribution < 1.29 is 4.42 Å². The summed E-state index contributed by atoms with van der Waals surface area (Å²) in [6.07, 6.45) is 3.39. The number of furan rings is 1. The molecule has 0 spiro atoms. The molecule has 3 heterocycles. The normalized spacial score (nSPS) is 11.1. The summed E-state index contributed by atoms with van der Waals surface area (Å²) in [5.74, 6) is 0.780. The molecular formula is C11H8BrN3O. The van der Waals surface area contributed by atoms with Crippen LogP contribution < -0.4 is 0 Å². The fourth-order valence-electron chi connectivity index (χ4n) is 1.64. The molecule has 0 aliphatic rings. The summed E-state index contributed by atoms with van der Waals surface area (Å²) >= 11 is 3.47. The Kier molecular flexibility index (Phi) is 2.07. The summed E-state index contributed by atoms with van der Waals surface area (Å²) < 4.78 is 8.07. The predicted molar refractivity (Wildman–Crippen MR) is 63.1 cm³/mol. The average Bonchev–Trinajstić information content (AvgIpc) is 2.89. The van der Waals surface area contributed by atoms with Crippen molar-refractivity contribution in [2.75, 3.05) is 0 Å². The molecule has 0 amide bonds. The molecule has 0 aliphatic heterocycles. The Bertz CT molecular complexity index is 643. The summed E-state index contributed by atoms with van der Waals surface area (Å²) in [4.78, 5) is 4.28. The highest BCUT2D eigenvalue weighted by molar-refractivity contribution is 9.10. The maximum absolute atomic E-state index is 5.37. The van der Waals surface area contributed by atoms with E-state index in [2.05, 4.69) is 26.0 Å². The molecule has 0 bridgehead atoms. The zero-order valence-electron chi connectivity index (χ0n) is 8.51. The van der Waals surface area contributed by atoms with Crippen LogP contribution in [0.25, 0.3) is 17.1 Å². The summed E-state index contributed by atoms with van der Waals surface area (Å²) in [5, 5.41) is 4.42. The largest absolute Gasteiger partial charge is 0.463 e. The van der Waals surface area contributed by atoms with Crippen LogP contribution in [-0.4, -0.2) is 14.6 Å². The highest BCUT2D eigenvalue weighted by atomic mass is 79.9. The molecule has 3 aromatic heterocycles. The van der Waals surface area contributed by atoms with Gasteiger partial charge in [0, 0.05) is 6.20 Å². The van der Waals surface area contributed by atoms with Crippen molar-refractivity contribution >= 4 is 21.6 Å². The number of nitrogens with zero attached hydrogens (tertiary/aromatic N) is 3. The number of fused-ring (bicyclic) bond motifs is 1. The standard InChI is InChI=1S/C11H8BrN3O/c1-7-10(12)11-13-5-4-8(15(11)14-7)9-3-2-6-16-9/h2-6H,1H3. The number of halogens is 1. The highest BCUT2D eigenvalue weighted by Gasteiger charge is 2.12. The van der Waals surface area contributed by atoms with E-state index in [1.54, 1.807) is 17.0 Å². The van der Waals surface area contributed by atoms with Crippen LogP contribution in [0.2, 0.25) is 0 Å². The van der Waals surface area contributed by atoms with Crippen LogP contribution in [0, 0.1) is 6.92 Å². The molecule has 0 saturated carbocycles. The van der Waals surface area contributed by atoms with Gasteiger partial charge in [-0.05, 0) is 41.1 Å². The van der Waals surface area contributed by atoms with Gasteiger partial charge in [-0.1, -0.05) is 0 Å². The van der Waals surface area contributed by atoms with Gasteiger partial charge in [0.15, 0.2) is 11.4 Å². The number of hydrogen-bond donors (Lipinski definition) is 0. The molecule has 0 radical (unpaired) electrons. The minimum atomic E-state index is 0.780. The van der Waals surface area contributed by atoms with Gasteiger partial charge in [-0.2, -0.15) is 5.10 Å². The van der Waals surface area contributed by atoms with E-state index in [0.717, 1.165) is 27.3 Å². The van der Waals surface area contributed by atoms with Crippen LogP contribution in [0.1, 0.15) is 5.69 Å². The zero-order valence-corrected chi connectivity index (χ0v) is 10.1. The average molecular weight is 278 g/mol. The van der Waals surface area contributed by atoms with Gasteiger partial charge in [0.25, 0.3) is 0 Å². The maximum atomic E-state index is 5.37. The van der Waals surface area contributed by atoms with Crippen molar-refractivity contribution in [3.63, 3.8) is 0 Å². The molecular weight excluding hydrogens is 270 g/mol. The number of rotatable bonds is 1. The van der Waals surface area contributed by atoms with E-state index in [-0.39, 0.29) is 0 Å². The lowest BCUT2D eigenvalue weighted by molar-refractivity contribution is 0.577. The molecule has 5 heteroatoms. The monoisotopic (exact) mass is 277 g/mol. The second kappa shape index (κ2) is 3.45. The van der Waals surface area contributed by atoms with Gasteiger partial charge in [0.05, 0.1) is 16.4 Å². The Balaban J connectivity index is 2.38. The van der Waals surface area contributed by atoms with Crippen molar-refractivity contribution in [1.29, 1.82) is 0 Å². The first-order chi connectivity index (χ1) is 7.77. The Morgan fingerprint density at radius 2 is 2.25 bits per heavy atom. The second-order valence-electron chi connectivity index (χ2n) is 3.44. The first-order valence-corrected chi connectivity index (χ1v) is 5.60. The molecule has 3 rings (SSSR count). The van der Waals surface area contributed by atoms with Crippen molar-refractivity contribution in [2.45, 2.75) is 6.92 Å². The highest BCUT2D eigenvalue weighted by Crippen LogP contribution is 2.25. The van der Waals surface area contributed by atoms with Crippen molar-refractivity contribution in [3.05, 3.63) is 40.8 Å². The minimum absolute atomic E-state index is 0.780. The van der Waals surface area contributed by atoms with E-state index in [9.17, 15) is 0 Å². The third-order valence-electron chi connectivity index (χ3n) is 2.40. The Morgan fingerprint density at radius 1 is 1.38 bits per heavy atom. The van der Waals surface area contributed by atoms with E-state index in [0.29, 0.717) is 0 Å². The number of aryl methyl sites for hydroxylation is 1. The lowest BCUT2D eigenvalue weighted by atomic mass is 10.3. The van der Waals surface area contributed by atoms with E-state index in [4.69, 9.17) is 4.42 Å². The van der Waals surface area contributed by atoms with Gasteiger partial charge >= 0.3 is 0 Å². The van der Waals surface area contributed by atoms with Crippen LogP contribution in [0.5, 0.6) is 0 Å². The van der Waals surface area contributed by atoms with Gasteiger partial charge in [-0.15, -0.1) is 0 Å². The molecule has 0 N–H and O–H groups in total. The lowest BCUT2D eigenvalue weighted by Gasteiger charge is -1.99. The van der Waals surface area contributed by atoms with Crippen LogP contribution in [0.15, 0.2) is 39.5 Å². The van der Waals surface area contributed by atoms with Gasteiger partial charge in [-0.25, -0.2) is 9.50 Å². The summed E-state index contributed by atoms with van der Waals surface area (Å²) in [6.45, 7) is 1.94. The summed E-state index contributed by atoms with van der Waals surface area (Å²) in [6, 6.07) is 5.64. The Hall–Kier alpha value is -1.62. The SMILES string of the molecule is Cc1nn2c(-c3ccco3)ccnc2c1Br. The molecule has 16 heavy (non-hydrogen) atoms. The quantitative estimate of drug-likeness (QED) is 0.687. The van der Waals surface area contributed by atoms with Crippen molar-refractivity contribution in [2.24, 2.45) is 0 Å². The zero-order chi connectivity index (χ0) is 11.1. The minimum Gasteiger partial charge on any atom is -0.463 e. The van der Waals surface area contributed by atoms with Crippen molar-refractivity contribution in [1.82, 2.24) is 14.6 Å². The summed E-state index contributed by atoms with van der Waals surface area (Å²) in [7, 11) is 0. The van der Waals surface area contributed by atoms with Crippen LogP contribution in [-0.2, 0) is 0 Å². The maximum Gasteiger partial charge on any atom is 0.170 e. The first kappa shape index (κ1) is 9.59. The van der Waals surface area contributed by atoms with Crippen LogP contribution in [0.3, 0.4) is 0 Å². The summed E-state index contributed by atoms with van der Waals surface area (Å²) in [5.41, 5.74) is 2.60. The van der Waals surface area contributed by atoms with Crippen LogP contribution in [0.4, 0.5) is 0 Å². The predicted octanol–water partition coefficient (Wildman–Crippen LogP) is 3.06. The molecule has 4 nitrogen and oxygen atoms in total. The molecule has 0 saturated heterocycles. The number of hydrogen-bond acceptors (Lipinski definition) is 3. The smallest absolute Gasteiger partial charge is 0.170 e. The van der Waals surface area contributed by atoms with Gasteiger partial charge in [0.1, 0.15) is 5.69 Å². The van der Waals surface area contributed by atoms with Crippen LogP contribution >= 0.6 is 15.9 Å². The van der Waals surface area contributed by atoms with E-state index < -0.39 is 0 Å². The Labute approximate surface area is 100 Å². The fraction of sp³-hybridized carbons (Fsp3) is 0.0909. The van der Waals surface area contributed by atoms with Gasteiger partial charge in [0.2, 0.25) is 0 Å². The molecule has 0 aliphatic carbocycles. The number of aromatic nitrogens is 3. The van der Waals surface area contributed by atoms with E-state index in [1.165, 1.54) is 0 Å².